The smallest absolute Gasteiger partial charge is 0.307 e. The van der Waals surface area contributed by atoms with Crippen LogP contribution in [0.25, 0.3) is 0 Å². The molecule has 0 amide bonds. The van der Waals surface area contributed by atoms with Crippen molar-refractivity contribution >= 4 is 54.9 Å². The van der Waals surface area contributed by atoms with E-state index in [1.54, 1.807) is 12.1 Å². The summed E-state index contributed by atoms with van der Waals surface area (Å²) in [6.07, 6.45) is 0.112. The number of aliphatic carboxylic acids is 1. The standard InChI is InChI=1S/C8H8O2.CN.K/c9-8(10)6-7-4-2-1-3-5-7;1-2;/h1-5H,6H2,(H,9,10);;. The first-order valence-electron chi connectivity index (χ1n) is 3.77. The Morgan fingerprint density at radius 2 is 1.92 bits per heavy atom. The van der Waals surface area contributed by atoms with Crippen LogP contribution in [0.2, 0.25) is 0 Å². The van der Waals surface area contributed by atoms with Gasteiger partial charge in [-0.25, -0.2) is 0 Å². The summed E-state index contributed by atoms with van der Waals surface area (Å²) >= 11 is 0.410. The molecule has 3 nitrogen and oxygen atoms in total. The molecule has 1 rings (SSSR count). The number of hydrogen-bond acceptors (Lipinski definition) is 2. The molecule has 0 bridgehead atoms. The Labute approximate surface area is 111 Å². The van der Waals surface area contributed by atoms with Crippen LogP contribution in [0.3, 0.4) is 0 Å². The van der Waals surface area contributed by atoms with Gasteiger partial charge in [-0.05, 0) is 5.56 Å². The van der Waals surface area contributed by atoms with E-state index in [4.69, 9.17) is 10.4 Å². The number of carbonyl (C=O) groups is 1. The molecule has 4 heteroatoms. The number of carboxylic acids is 1. The molecule has 0 spiro atoms. The molecule has 0 fully saturated rings. The SMILES string of the molecule is N#[C][K].O=C(O)Cc1ccccc1. The van der Waals surface area contributed by atoms with E-state index in [-0.39, 0.29) is 6.42 Å². The summed E-state index contributed by atoms with van der Waals surface area (Å²) in [6, 6.07) is 9.13. The molecule has 13 heavy (non-hydrogen) atoms. The van der Waals surface area contributed by atoms with E-state index in [1.165, 1.54) is 0 Å². The van der Waals surface area contributed by atoms with Gasteiger partial charge in [0.25, 0.3) is 0 Å². The summed E-state index contributed by atoms with van der Waals surface area (Å²) in [6.45, 7) is 0. The summed E-state index contributed by atoms with van der Waals surface area (Å²) in [5, 5.41) is 15.8. The van der Waals surface area contributed by atoms with Crippen molar-refractivity contribution in [2.24, 2.45) is 0 Å². The van der Waals surface area contributed by atoms with Crippen LogP contribution in [0, 0.1) is 5.43 Å². The Hall–Kier alpha value is -0.184. The first-order chi connectivity index (χ1) is 6.20. The fourth-order valence-corrected chi connectivity index (χ4v) is 0.770. The summed E-state index contributed by atoms with van der Waals surface area (Å²) in [4.78, 5) is 10.2. The van der Waals surface area contributed by atoms with Gasteiger partial charge in [-0.3, -0.25) is 4.79 Å². The Balaban J connectivity index is 0.000000424. The summed E-state index contributed by atoms with van der Waals surface area (Å²) in [5.74, 6) is -0.786. The molecule has 0 heterocycles. The van der Waals surface area contributed by atoms with Gasteiger partial charge in [0.2, 0.25) is 0 Å². The predicted octanol–water partition coefficient (Wildman–Crippen LogP) is 0.950. The molecule has 0 aliphatic rings. The van der Waals surface area contributed by atoms with Gasteiger partial charge >= 0.3 is 60.3 Å². The van der Waals surface area contributed by atoms with Crippen LogP contribution in [-0.2, 0) is 11.2 Å². The van der Waals surface area contributed by atoms with Crippen LogP contribution >= 0.6 is 0 Å². The number of rotatable bonds is 2. The molecule has 0 radical (unpaired) electrons. The maximum atomic E-state index is 10.2. The second-order valence-electron chi connectivity index (χ2n) is 2.28. The first kappa shape index (κ1) is 12.8. The van der Waals surface area contributed by atoms with E-state index in [1.807, 2.05) is 18.4 Å². The molecule has 0 unspecified atom stereocenters. The molecule has 1 N–H and O–H groups in total. The zero-order valence-electron chi connectivity index (χ0n) is 7.40. The van der Waals surface area contributed by atoms with E-state index >= 15 is 0 Å². The molecule has 62 valence electrons. The minimum absolute atomic E-state index is 0.112. The van der Waals surface area contributed by atoms with Crippen molar-refractivity contribution in [3.63, 3.8) is 0 Å². The molecular formula is C9H8KNO2. The zero-order chi connectivity index (χ0) is 10.1. The Morgan fingerprint density at radius 3 is 2.31 bits per heavy atom. The van der Waals surface area contributed by atoms with Crippen molar-refractivity contribution in [1.29, 1.82) is 5.26 Å². The van der Waals surface area contributed by atoms with Crippen molar-refractivity contribution in [3.05, 3.63) is 35.9 Å². The van der Waals surface area contributed by atoms with Gasteiger partial charge in [0.15, 0.2) is 0 Å². The summed E-state index contributed by atoms with van der Waals surface area (Å²) in [5.41, 5.74) is 0.843. The van der Waals surface area contributed by atoms with E-state index in [2.05, 4.69) is 0 Å². The molecule has 0 atom stereocenters. The largest absolute Gasteiger partial charge is 0.481 e. The third-order valence-corrected chi connectivity index (χ3v) is 1.20. The van der Waals surface area contributed by atoms with Crippen molar-refractivity contribution in [2.75, 3.05) is 0 Å². The Bertz CT molecular complexity index is 292. The second-order valence-corrected chi connectivity index (χ2v) is 2.98. The van der Waals surface area contributed by atoms with Crippen molar-refractivity contribution < 1.29 is 9.90 Å². The number of nitriles is 1. The van der Waals surface area contributed by atoms with Gasteiger partial charge in [-0.2, -0.15) is 0 Å². The van der Waals surface area contributed by atoms with Crippen molar-refractivity contribution in [1.82, 2.24) is 0 Å². The molecule has 0 aliphatic heterocycles. The zero-order valence-corrected chi connectivity index (χ0v) is 10.5. The minimum Gasteiger partial charge on any atom is -0.481 e. The van der Waals surface area contributed by atoms with Crippen LogP contribution in [0.1, 0.15) is 5.56 Å². The molecular weight excluding hydrogens is 193 g/mol. The molecule has 0 aliphatic carbocycles. The average Bonchev–Trinajstić information content (AvgIpc) is 2.06. The summed E-state index contributed by atoms with van der Waals surface area (Å²) in [7, 11) is 0. The second kappa shape index (κ2) is 8.42. The topological polar surface area (TPSA) is 61.1 Å². The van der Waals surface area contributed by atoms with Gasteiger partial charge < -0.3 is 5.11 Å². The maximum Gasteiger partial charge on any atom is 0.307 e. The monoisotopic (exact) mass is 201 g/mol. The van der Waals surface area contributed by atoms with Crippen molar-refractivity contribution in [2.45, 2.75) is 6.42 Å². The molecule has 0 saturated heterocycles. The third-order valence-electron chi connectivity index (χ3n) is 1.20. The van der Waals surface area contributed by atoms with Gasteiger partial charge in [-0.1, -0.05) is 30.3 Å². The van der Waals surface area contributed by atoms with Gasteiger partial charge in [-0.15, -0.1) is 0 Å². The Morgan fingerprint density at radius 1 is 1.46 bits per heavy atom. The van der Waals surface area contributed by atoms with E-state index in [0.29, 0.717) is 49.0 Å². The Kier molecular flexibility index (Phi) is 8.30. The first-order valence-corrected chi connectivity index (χ1v) is 5.33. The van der Waals surface area contributed by atoms with E-state index in [0.717, 1.165) is 5.56 Å². The number of hydrogen-bond donors (Lipinski definition) is 1. The third kappa shape index (κ3) is 8.15. The number of carboxylic acid groups (broad SMARTS) is 1. The average molecular weight is 201 g/mol. The molecule has 0 aromatic heterocycles. The van der Waals surface area contributed by atoms with Gasteiger partial charge in [0.05, 0.1) is 6.42 Å². The van der Waals surface area contributed by atoms with Gasteiger partial charge in [0, 0.05) is 0 Å². The van der Waals surface area contributed by atoms with Crippen LogP contribution in [0.15, 0.2) is 30.3 Å². The van der Waals surface area contributed by atoms with Gasteiger partial charge in [0.1, 0.15) is 0 Å². The quantitative estimate of drug-likeness (QED) is 0.725. The van der Waals surface area contributed by atoms with E-state index in [9.17, 15) is 4.79 Å². The molecule has 0 saturated carbocycles. The minimum atomic E-state index is -0.786. The van der Waals surface area contributed by atoms with Crippen LogP contribution in [-0.4, -0.2) is 60.0 Å². The molecule has 1 aromatic rings. The van der Waals surface area contributed by atoms with E-state index < -0.39 is 5.97 Å². The van der Waals surface area contributed by atoms with Crippen LogP contribution in [0.4, 0.5) is 0 Å². The summed E-state index contributed by atoms with van der Waals surface area (Å²) < 4.78 is 1.94. The number of nitrogens with zero attached hydrogens (tertiary/aromatic N) is 1. The fraction of sp³-hybridized carbons (Fsp3) is 0.111. The number of benzene rings is 1. The maximum absolute atomic E-state index is 10.2. The van der Waals surface area contributed by atoms with Crippen molar-refractivity contribution in [3.8, 4) is 0.164 Å². The van der Waals surface area contributed by atoms with Crippen LogP contribution in [0.5, 0.6) is 0 Å². The normalized spacial score (nSPS) is 7.77. The fourth-order valence-electron chi connectivity index (χ4n) is 0.770. The molecule has 1 aromatic carbocycles. The van der Waals surface area contributed by atoms with Crippen LogP contribution < -0.4 is 0 Å². The predicted molar refractivity (Wildman–Crippen MR) is 49.1 cm³/mol.